The first-order valence-corrected chi connectivity index (χ1v) is 15.0. The van der Waals surface area contributed by atoms with Crippen LogP contribution in [-0.4, -0.2) is 35.9 Å². The lowest BCUT2D eigenvalue weighted by Crippen LogP contribution is -2.62. The standard InChI is InChI=1S/C29H49BrO4/c1-7-19-23-14-17(2)10-12-29(23,5)22-11-13-28(4)20(18(3)15-24(30)27(31)32)8-9-21(28)25(22)26(19)34-16-33-6/h17-26H,7-16H2,1-6H3,(H,31,32)/t17-,18-,19-,20-,21?,22?,23+,24?,25?,26?,28-,29-/m1/s1. The minimum absolute atomic E-state index is 0.282. The highest BCUT2D eigenvalue weighted by atomic mass is 79.9. The zero-order valence-electron chi connectivity index (χ0n) is 22.4. The number of rotatable bonds is 8. The Hall–Kier alpha value is -0.130. The van der Waals surface area contributed by atoms with Gasteiger partial charge in [-0.1, -0.05) is 63.4 Å². The predicted octanol–water partition coefficient (Wildman–Crippen LogP) is 7.39. The Morgan fingerprint density at radius 1 is 1.09 bits per heavy atom. The summed E-state index contributed by atoms with van der Waals surface area (Å²) in [4.78, 5) is 11.1. The number of carboxylic acid groups (broad SMARTS) is 1. The van der Waals surface area contributed by atoms with E-state index in [9.17, 15) is 9.90 Å². The summed E-state index contributed by atoms with van der Waals surface area (Å²) in [6.45, 7) is 12.7. The number of hydrogen-bond acceptors (Lipinski definition) is 3. The van der Waals surface area contributed by atoms with Gasteiger partial charge in [-0.2, -0.15) is 0 Å². The van der Waals surface area contributed by atoms with E-state index in [2.05, 4.69) is 50.5 Å². The second kappa shape index (κ2) is 10.3. The highest BCUT2D eigenvalue weighted by Gasteiger charge is 2.65. The maximum Gasteiger partial charge on any atom is 0.317 e. The van der Waals surface area contributed by atoms with E-state index in [1.54, 1.807) is 7.11 Å². The third kappa shape index (κ3) is 4.42. The van der Waals surface area contributed by atoms with Gasteiger partial charge in [-0.3, -0.25) is 4.79 Å². The van der Waals surface area contributed by atoms with Gasteiger partial charge in [0, 0.05) is 7.11 Å². The molecule has 0 spiro atoms. The summed E-state index contributed by atoms with van der Waals surface area (Å²) in [5.74, 6) is 4.49. The van der Waals surface area contributed by atoms with E-state index in [0.717, 1.165) is 24.2 Å². The molecule has 4 fully saturated rings. The summed E-state index contributed by atoms with van der Waals surface area (Å²) in [7, 11) is 1.76. The molecule has 0 aromatic rings. The molecule has 34 heavy (non-hydrogen) atoms. The number of carboxylic acids is 1. The number of aliphatic carboxylic acids is 1. The van der Waals surface area contributed by atoms with Crippen LogP contribution in [0.4, 0.5) is 0 Å². The highest BCUT2D eigenvalue weighted by Crippen LogP contribution is 2.70. The van der Waals surface area contributed by atoms with Crippen LogP contribution in [0.5, 0.6) is 0 Å². The Balaban J connectivity index is 1.66. The number of methoxy groups -OCH3 is 1. The zero-order chi connectivity index (χ0) is 24.8. The topological polar surface area (TPSA) is 55.8 Å². The SMILES string of the molecule is CC[C@H]1C(OCOC)C2C3CC[C@H]([C@H](C)CC(Br)C(=O)O)[C@@]3(C)CCC2[C@@]2(C)CC[C@@H](C)C[C@@H]12. The van der Waals surface area contributed by atoms with E-state index < -0.39 is 10.8 Å². The summed E-state index contributed by atoms with van der Waals surface area (Å²) >= 11 is 3.42. The Bertz CT molecular complexity index is 729. The molecule has 4 saturated carbocycles. The van der Waals surface area contributed by atoms with E-state index in [4.69, 9.17) is 9.47 Å². The quantitative estimate of drug-likeness (QED) is 0.257. The van der Waals surface area contributed by atoms with Gasteiger partial charge in [0.25, 0.3) is 0 Å². The fourth-order valence-corrected chi connectivity index (χ4v) is 10.7. The molecule has 0 bridgehead atoms. The first-order valence-electron chi connectivity index (χ1n) is 14.1. The van der Waals surface area contributed by atoms with Gasteiger partial charge in [-0.05, 0) is 103 Å². The van der Waals surface area contributed by atoms with Crippen LogP contribution in [0.25, 0.3) is 0 Å². The Morgan fingerprint density at radius 3 is 2.41 bits per heavy atom. The van der Waals surface area contributed by atoms with Crippen molar-refractivity contribution in [2.45, 2.75) is 103 Å². The molecule has 5 heteroatoms. The van der Waals surface area contributed by atoms with Crippen molar-refractivity contribution in [1.82, 2.24) is 0 Å². The lowest BCUT2D eigenvalue weighted by Gasteiger charge is -2.65. The van der Waals surface area contributed by atoms with Gasteiger partial charge in [0.15, 0.2) is 0 Å². The number of fused-ring (bicyclic) bond motifs is 5. The molecule has 4 nitrogen and oxygen atoms in total. The lowest BCUT2D eigenvalue weighted by atomic mass is 9.41. The van der Waals surface area contributed by atoms with E-state index in [1.165, 1.54) is 51.4 Å². The molecule has 1 N–H and O–H groups in total. The molecule has 12 atom stereocenters. The summed E-state index contributed by atoms with van der Waals surface area (Å²) in [5, 5.41) is 9.48. The smallest absolute Gasteiger partial charge is 0.317 e. The molecule has 4 rings (SSSR count). The third-order valence-electron chi connectivity index (χ3n) is 11.6. The lowest BCUT2D eigenvalue weighted by molar-refractivity contribution is -0.231. The Labute approximate surface area is 216 Å². The summed E-state index contributed by atoms with van der Waals surface area (Å²) in [6.07, 6.45) is 11.4. The van der Waals surface area contributed by atoms with Crippen LogP contribution in [0, 0.1) is 58.2 Å². The van der Waals surface area contributed by atoms with E-state index in [-0.39, 0.29) is 5.41 Å². The zero-order valence-corrected chi connectivity index (χ0v) is 24.0. The van der Waals surface area contributed by atoms with Crippen LogP contribution in [0.3, 0.4) is 0 Å². The van der Waals surface area contributed by atoms with Gasteiger partial charge >= 0.3 is 5.97 Å². The van der Waals surface area contributed by atoms with Gasteiger partial charge in [-0.25, -0.2) is 0 Å². The van der Waals surface area contributed by atoms with Crippen molar-refractivity contribution >= 4 is 21.9 Å². The Morgan fingerprint density at radius 2 is 1.76 bits per heavy atom. The number of halogens is 1. The largest absolute Gasteiger partial charge is 0.480 e. The van der Waals surface area contributed by atoms with Crippen LogP contribution in [-0.2, 0) is 14.3 Å². The second-order valence-electron chi connectivity index (χ2n) is 13.1. The maximum absolute atomic E-state index is 11.5. The second-order valence-corrected chi connectivity index (χ2v) is 14.2. The first kappa shape index (κ1) is 26.9. The predicted molar refractivity (Wildman–Crippen MR) is 140 cm³/mol. The van der Waals surface area contributed by atoms with Crippen molar-refractivity contribution in [1.29, 1.82) is 0 Å². The average molecular weight is 542 g/mol. The van der Waals surface area contributed by atoms with Gasteiger partial charge in [0.05, 0.1) is 6.10 Å². The van der Waals surface area contributed by atoms with E-state index in [0.29, 0.717) is 47.9 Å². The summed E-state index contributed by atoms with van der Waals surface area (Å²) < 4.78 is 12.2. The minimum atomic E-state index is -0.730. The number of alkyl halides is 1. The molecular weight excluding hydrogens is 492 g/mol. The Kier molecular flexibility index (Phi) is 8.17. The van der Waals surface area contributed by atoms with Crippen molar-refractivity contribution in [2.75, 3.05) is 13.9 Å². The van der Waals surface area contributed by atoms with Gasteiger partial charge in [0.2, 0.25) is 0 Å². The van der Waals surface area contributed by atoms with Gasteiger partial charge in [0.1, 0.15) is 11.6 Å². The summed E-state index contributed by atoms with van der Waals surface area (Å²) in [6, 6.07) is 0. The molecule has 0 aromatic heterocycles. The highest BCUT2D eigenvalue weighted by molar-refractivity contribution is 9.10. The van der Waals surface area contributed by atoms with Crippen LogP contribution < -0.4 is 0 Å². The van der Waals surface area contributed by atoms with Gasteiger partial charge in [-0.15, -0.1) is 0 Å². The maximum atomic E-state index is 11.5. The van der Waals surface area contributed by atoms with Crippen molar-refractivity contribution in [3.63, 3.8) is 0 Å². The van der Waals surface area contributed by atoms with Crippen LogP contribution in [0.1, 0.15) is 92.4 Å². The van der Waals surface area contributed by atoms with E-state index in [1.807, 2.05) is 0 Å². The molecule has 0 radical (unpaired) electrons. The van der Waals surface area contributed by atoms with E-state index >= 15 is 0 Å². The van der Waals surface area contributed by atoms with Crippen molar-refractivity contribution in [3.05, 3.63) is 0 Å². The molecule has 0 saturated heterocycles. The molecule has 4 aliphatic carbocycles. The van der Waals surface area contributed by atoms with Crippen molar-refractivity contribution in [3.8, 4) is 0 Å². The molecular formula is C29H49BrO4. The summed E-state index contributed by atoms with van der Waals surface area (Å²) in [5.41, 5.74) is 0.712. The van der Waals surface area contributed by atoms with Crippen LogP contribution in [0.2, 0.25) is 0 Å². The van der Waals surface area contributed by atoms with Crippen LogP contribution in [0.15, 0.2) is 0 Å². The normalized spacial score (nSPS) is 47.9. The molecule has 0 heterocycles. The fraction of sp³-hybridized carbons (Fsp3) is 0.966. The van der Waals surface area contributed by atoms with Crippen molar-refractivity contribution in [2.24, 2.45) is 58.2 Å². The van der Waals surface area contributed by atoms with Gasteiger partial charge < -0.3 is 14.6 Å². The number of hydrogen-bond donors (Lipinski definition) is 1. The average Bonchev–Trinajstić information content (AvgIpc) is 3.15. The molecule has 0 amide bonds. The minimum Gasteiger partial charge on any atom is -0.480 e. The van der Waals surface area contributed by atoms with Crippen molar-refractivity contribution < 1.29 is 19.4 Å². The molecule has 0 aromatic carbocycles. The number of ether oxygens (including phenoxy) is 2. The molecule has 196 valence electrons. The first-order chi connectivity index (χ1) is 16.1. The number of carbonyl (C=O) groups is 1. The van der Waals surface area contributed by atoms with Crippen LogP contribution >= 0.6 is 15.9 Å². The third-order valence-corrected chi connectivity index (χ3v) is 12.4. The monoisotopic (exact) mass is 540 g/mol. The molecule has 0 aliphatic heterocycles. The molecule has 5 unspecified atom stereocenters. The molecule has 4 aliphatic rings. The fourth-order valence-electron chi connectivity index (χ4n) is 10.1.